The van der Waals surface area contributed by atoms with E-state index in [9.17, 15) is 13.2 Å². The summed E-state index contributed by atoms with van der Waals surface area (Å²) in [6, 6.07) is 0.0105. The maximum atomic E-state index is 11.8. The third-order valence-corrected chi connectivity index (χ3v) is 1.57. The zero-order valence-electron chi connectivity index (χ0n) is 8.93. The van der Waals surface area contributed by atoms with Crippen LogP contribution in [-0.4, -0.2) is 29.0 Å². The number of alkyl halides is 3. The monoisotopic (exact) mass is 238 g/mol. The Balaban J connectivity index is 2.39. The summed E-state index contributed by atoms with van der Waals surface area (Å²) in [6.45, 7) is 3.00. The third-order valence-electron chi connectivity index (χ3n) is 1.57. The van der Waals surface area contributed by atoms with Gasteiger partial charge in [0.15, 0.2) is 0 Å². The van der Waals surface area contributed by atoms with Crippen molar-refractivity contribution in [2.24, 2.45) is 0 Å². The highest BCUT2D eigenvalue weighted by molar-refractivity contribution is 5.17. The summed E-state index contributed by atoms with van der Waals surface area (Å²) in [6.07, 6.45) is -4.30. The van der Waals surface area contributed by atoms with E-state index >= 15 is 0 Å². The number of hydrogen-bond donors (Lipinski definition) is 2. The Hall–Kier alpha value is -1.31. The fourth-order valence-electron chi connectivity index (χ4n) is 0.864. The number of hydrogen-bond acceptors (Lipinski definition) is 5. The summed E-state index contributed by atoms with van der Waals surface area (Å²) in [5.74, 6) is 0.248. The largest absolute Gasteiger partial charge is 0.407 e. The van der Waals surface area contributed by atoms with Crippen molar-refractivity contribution < 1.29 is 17.6 Å². The third kappa shape index (κ3) is 4.96. The molecular weight excluding hydrogens is 225 g/mol. The first kappa shape index (κ1) is 12.8. The molecule has 5 nitrogen and oxygen atoms in total. The van der Waals surface area contributed by atoms with E-state index in [0.717, 1.165) is 0 Å². The molecule has 0 bridgehead atoms. The van der Waals surface area contributed by atoms with E-state index < -0.39 is 12.7 Å². The lowest BCUT2D eigenvalue weighted by Crippen LogP contribution is -2.22. The van der Waals surface area contributed by atoms with E-state index in [2.05, 4.69) is 15.5 Å². The number of nitrogens with zero attached hydrogens (tertiary/aromatic N) is 2. The molecule has 16 heavy (non-hydrogen) atoms. The summed E-state index contributed by atoms with van der Waals surface area (Å²) in [5.41, 5.74) is 0. The molecule has 0 aliphatic heterocycles. The van der Waals surface area contributed by atoms with Gasteiger partial charge in [-0.3, -0.25) is 0 Å². The highest BCUT2D eigenvalue weighted by Crippen LogP contribution is 2.15. The van der Waals surface area contributed by atoms with Crippen molar-refractivity contribution >= 4 is 6.01 Å². The molecule has 8 heteroatoms. The molecule has 0 unspecified atom stereocenters. The standard InChI is InChI=1S/C8H13F3N4O/c1-5(2)12-3-6-14-15-7(16-6)13-4-8(9,10)11/h5,12H,3-4H2,1-2H3,(H,13,15). The Kier molecular flexibility index (Phi) is 4.11. The van der Waals surface area contributed by atoms with E-state index in [4.69, 9.17) is 4.42 Å². The number of nitrogens with one attached hydrogen (secondary N) is 2. The quantitative estimate of drug-likeness (QED) is 0.814. The van der Waals surface area contributed by atoms with Gasteiger partial charge in [-0.25, -0.2) is 0 Å². The van der Waals surface area contributed by atoms with Gasteiger partial charge in [0, 0.05) is 6.04 Å². The van der Waals surface area contributed by atoms with Crippen LogP contribution in [0.5, 0.6) is 0 Å². The van der Waals surface area contributed by atoms with Gasteiger partial charge in [0.25, 0.3) is 0 Å². The molecule has 1 rings (SSSR count). The second-order valence-corrected chi connectivity index (χ2v) is 3.51. The molecule has 0 radical (unpaired) electrons. The minimum absolute atomic E-state index is 0.224. The normalized spacial score (nSPS) is 12.1. The van der Waals surface area contributed by atoms with Gasteiger partial charge in [0.2, 0.25) is 5.89 Å². The van der Waals surface area contributed by atoms with Crippen molar-refractivity contribution in [2.45, 2.75) is 32.6 Å². The van der Waals surface area contributed by atoms with E-state index in [0.29, 0.717) is 6.54 Å². The van der Waals surface area contributed by atoms with E-state index in [1.54, 1.807) is 0 Å². The van der Waals surface area contributed by atoms with Gasteiger partial charge in [0.05, 0.1) is 6.54 Å². The topological polar surface area (TPSA) is 63.0 Å². The Bertz CT molecular complexity index is 323. The van der Waals surface area contributed by atoms with Gasteiger partial charge in [-0.2, -0.15) is 13.2 Å². The number of aromatic nitrogens is 2. The second-order valence-electron chi connectivity index (χ2n) is 3.51. The van der Waals surface area contributed by atoms with Crippen LogP contribution in [0.2, 0.25) is 0 Å². The Labute approximate surface area is 90.4 Å². The highest BCUT2D eigenvalue weighted by Gasteiger charge is 2.27. The smallest absolute Gasteiger partial charge is 0.405 e. The summed E-state index contributed by atoms with van der Waals surface area (Å²) < 4.78 is 40.4. The zero-order chi connectivity index (χ0) is 12.2. The van der Waals surface area contributed by atoms with Gasteiger partial charge in [-0.05, 0) is 0 Å². The highest BCUT2D eigenvalue weighted by atomic mass is 19.4. The minimum Gasteiger partial charge on any atom is -0.407 e. The molecule has 0 spiro atoms. The predicted octanol–water partition coefficient (Wildman–Crippen LogP) is 1.54. The lowest BCUT2D eigenvalue weighted by Gasteiger charge is -2.05. The lowest BCUT2D eigenvalue weighted by atomic mass is 10.4. The molecule has 0 fully saturated rings. The molecule has 0 aliphatic rings. The van der Waals surface area contributed by atoms with Crippen molar-refractivity contribution in [3.8, 4) is 0 Å². The number of anilines is 1. The van der Waals surface area contributed by atoms with Crippen LogP contribution in [-0.2, 0) is 6.54 Å². The van der Waals surface area contributed by atoms with Crippen LogP contribution in [0, 0.1) is 0 Å². The van der Waals surface area contributed by atoms with Crippen molar-refractivity contribution in [3.05, 3.63) is 5.89 Å². The van der Waals surface area contributed by atoms with Gasteiger partial charge >= 0.3 is 12.2 Å². The van der Waals surface area contributed by atoms with Crippen molar-refractivity contribution in [1.82, 2.24) is 15.5 Å². The summed E-state index contributed by atoms with van der Waals surface area (Å²) in [4.78, 5) is 0. The Morgan fingerprint density at radius 3 is 2.56 bits per heavy atom. The zero-order valence-corrected chi connectivity index (χ0v) is 8.93. The summed E-state index contributed by atoms with van der Waals surface area (Å²) >= 11 is 0. The molecule has 2 N–H and O–H groups in total. The fraction of sp³-hybridized carbons (Fsp3) is 0.750. The molecule has 92 valence electrons. The Morgan fingerprint density at radius 1 is 1.31 bits per heavy atom. The molecule has 1 aromatic heterocycles. The fourth-order valence-corrected chi connectivity index (χ4v) is 0.864. The van der Waals surface area contributed by atoms with E-state index in [1.807, 2.05) is 19.2 Å². The minimum atomic E-state index is -4.30. The first-order chi connectivity index (χ1) is 7.37. The molecule has 0 saturated carbocycles. The Morgan fingerprint density at radius 2 is 2.00 bits per heavy atom. The summed E-state index contributed by atoms with van der Waals surface area (Å²) in [7, 11) is 0. The lowest BCUT2D eigenvalue weighted by molar-refractivity contribution is -0.115. The molecule has 0 atom stereocenters. The van der Waals surface area contributed by atoms with E-state index in [1.165, 1.54) is 0 Å². The van der Waals surface area contributed by atoms with Gasteiger partial charge < -0.3 is 15.1 Å². The molecule has 0 saturated heterocycles. The van der Waals surface area contributed by atoms with E-state index in [-0.39, 0.29) is 17.9 Å². The maximum Gasteiger partial charge on any atom is 0.405 e. The van der Waals surface area contributed by atoms with Crippen molar-refractivity contribution in [3.63, 3.8) is 0 Å². The second kappa shape index (κ2) is 5.15. The van der Waals surface area contributed by atoms with Crippen LogP contribution < -0.4 is 10.6 Å². The molecule has 1 aromatic rings. The molecule has 0 aromatic carbocycles. The molecular formula is C8H13F3N4O. The van der Waals surface area contributed by atoms with Crippen LogP contribution in [0.3, 0.4) is 0 Å². The van der Waals surface area contributed by atoms with Gasteiger partial charge in [-0.15, -0.1) is 5.10 Å². The van der Waals surface area contributed by atoms with Crippen molar-refractivity contribution in [2.75, 3.05) is 11.9 Å². The first-order valence-electron chi connectivity index (χ1n) is 4.73. The van der Waals surface area contributed by atoms with Crippen LogP contribution in [0.4, 0.5) is 19.2 Å². The molecule has 0 amide bonds. The van der Waals surface area contributed by atoms with Gasteiger partial charge in [-0.1, -0.05) is 18.9 Å². The average Bonchev–Trinajstić information content (AvgIpc) is 2.58. The summed E-state index contributed by atoms with van der Waals surface area (Å²) in [5, 5.41) is 12.0. The van der Waals surface area contributed by atoms with Crippen LogP contribution in [0.15, 0.2) is 4.42 Å². The van der Waals surface area contributed by atoms with Crippen LogP contribution in [0.25, 0.3) is 0 Å². The SMILES string of the molecule is CC(C)NCc1nnc(NCC(F)(F)F)o1. The first-order valence-corrected chi connectivity index (χ1v) is 4.73. The van der Waals surface area contributed by atoms with Crippen molar-refractivity contribution in [1.29, 1.82) is 0 Å². The molecule has 0 aliphatic carbocycles. The average molecular weight is 238 g/mol. The predicted molar refractivity (Wildman–Crippen MR) is 50.8 cm³/mol. The number of halogens is 3. The van der Waals surface area contributed by atoms with Crippen LogP contribution >= 0.6 is 0 Å². The molecule has 1 heterocycles. The maximum absolute atomic E-state index is 11.8. The van der Waals surface area contributed by atoms with Crippen LogP contribution in [0.1, 0.15) is 19.7 Å². The van der Waals surface area contributed by atoms with Gasteiger partial charge in [0.1, 0.15) is 6.54 Å². The number of rotatable bonds is 5.